The van der Waals surface area contributed by atoms with E-state index in [-0.39, 0.29) is 17.1 Å². The largest absolute Gasteiger partial charge is 0.358 e. The summed E-state index contributed by atoms with van der Waals surface area (Å²) in [5.74, 6) is 0.125. The highest BCUT2D eigenvalue weighted by Crippen LogP contribution is 2.52. The summed E-state index contributed by atoms with van der Waals surface area (Å²) in [6.07, 6.45) is 4.90. The number of Topliss-reactive ketones (excluding diaryl/α,β-unsaturated/α-hetero) is 1. The molecule has 2 aromatic carbocycles. The quantitative estimate of drug-likeness (QED) is 0.414. The molecule has 4 aromatic rings. The van der Waals surface area contributed by atoms with Gasteiger partial charge in [-0.3, -0.25) is 14.8 Å². The van der Waals surface area contributed by atoms with E-state index in [0.29, 0.717) is 6.42 Å². The van der Waals surface area contributed by atoms with Crippen molar-refractivity contribution in [2.75, 3.05) is 5.32 Å². The van der Waals surface area contributed by atoms with Crippen LogP contribution in [0.25, 0.3) is 21.1 Å². The van der Waals surface area contributed by atoms with E-state index < -0.39 is 0 Å². The highest BCUT2D eigenvalue weighted by molar-refractivity contribution is 7.19. The van der Waals surface area contributed by atoms with Crippen molar-refractivity contribution in [3.05, 3.63) is 76.6 Å². The lowest BCUT2D eigenvalue weighted by atomic mass is 9.69. The molecule has 0 saturated heterocycles. The molecule has 0 bridgehead atoms. The van der Waals surface area contributed by atoms with Gasteiger partial charge in [-0.15, -0.1) is 11.3 Å². The maximum Gasteiger partial charge on any atom is 0.162 e. The number of thiophene rings is 1. The predicted octanol–water partition coefficient (Wildman–Crippen LogP) is 6.05. The molecule has 0 saturated carbocycles. The Labute approximate surface area is 178 Å². The molecule has 1 unspecified atom stereocenters. The first kappa shape index (κ1) is 17.8. The molecule has 0 radical (unpaired) electrons. The van der Waals surface area contributed by atoms with Crippen molar-refractivity contribution in [1.82, 2.24) is 9.97 Å². The number of rotatable bonds is 1. The van der Waals surface area contributed by atoms with Crippen LogP contribution in [0.1, 0.15) is 43.0 Å². The highest BCUT2D eigenvalue weighted by atomic mass is 32.1. The molecular weight excluding hydrogens is 390 g/mol. The van der Waals surface area contributed by atoms with Crippen molar-refractivity contribution in [3.63, 3.8) is 0 Å². The molecular formula is C25H21N3OS. The molecule has 1 aliphatic carbocycles. The van der Waals surface area contributed by atoms with Gasteiger partial charge in [0.2, 0.25) is 0 Å². The molecule has 0 fully saturated rings. The number of anilines is 1. The second-order valence-electron chi connectivity index (χ2n) is 9.03. The van der Waals surface area contributed by atoms with Crippen molar-refractivity contribution in [1.29, 1.82) is 0 Å². The second-order valence-corrected chi connectivity index (χ2v) is 10.1. The normalized spacial score (nSPS) is 20.2. The number of fused-ring (bicyclic) bond motifs is 4. The van der Waals surface area contributed by atoms with Gasteiger partial charge < -0.3 is 5.32 Å². The molecule has 0 spiro atoms. The Bertz CT molecular complexity index is 1350. The van der Waals surface area contributed by atoms with E-state index >= 15 is 0 Å². The molecule has 1 atom stereocenters. The number of carbonyl (C=O) groups is 1. The van der Waals surface area contributed by atoms with Gasteiger partial charge in [-0.05, 0) is 41.5 Å². The summed E-state index contributed by atoms with van der Waals surface area (Å²) in [5, 5.41) is 4.82. The van der Waals surface area contributed by atoms with E-state index in [1.807, 2.05) is 6.07 Å². The number of nitrogens with zero attached hydrogens (tertiary/aromatic N) is 2. The van der Waals surface area contributed by atoms with Crippen LogP contribution >= 0.6 is 11.3 Å². The third kappa shape index (κ3) is 2.62. The fourth-order valence-electron chi connectivity index (χ4n) is 4.98. The molecule has 1 N–H and O–H groups in total. The highest BCUT2D eigenvalue weighted by Gasteiger charge is 2.42. The van der Waals surface area contributed by atoms with Gasteiger partial charge in [-0.1, -0.05) is 32.0 Å². The molecule has 148 valence electrons. The van der Waals surface area contributed by atoms with E-state index in [4.69, 9.17) is 0 Å². The van der Waals surface area contributed by atoms with Crippen molar-refractivity contribution in [2.24, 2.45) is 5.41 Å². The first-order valence-electron chi connectivity index (χ1n) is 10.3. The average molecular weight is 412 g/mol. The van der Waals surface area contributed by atoms with Gasteiger partial charge in [-0.25, -0.2) is 0 Å². The molecule has 2 aliphatic rings. The van der Waals surface area contributed by atoms with Crippen molar-refractivity contribution in [2.45, 2.75) is 32.6 Å². The standard InChI is InChI=1S/C25H21N3OS/c1-25(2)12-17-21(18(29)13-25)23(20-11-14-5-3-4-6-19(14)30-20)22-15(28-17)7-8-16-24(22)27-10-9-26-16/h3-11,23,28H,12-13H2,1-2H3. The Morgan fingerprint density at radius 1 is 1.07 bits per heavy atom. The van der Waals surface area contributed by atoms with E-state index in [1.165, 1.54) is 15.0 Å². The number of allylic oxidation sites excluding steroid dienone is 2. The van der Waals surface area contributed by atoms with Gasteiger partial charge >= 0.3 is 0 Å². The summed E-state index contributed by atoms with van der Waals surface area (Å²) in [4.78, 5) is 23.9. The van der Waals surface area contributed by atoms with Crippen LogP contribution in [0, 0.1) is 5.41 Å². The summed E-state index contributed by atoms with van der Waals surface area (Å²) in [5.41, 5.74) is 5.77. The summed E-state index contributed by atoms with van der Waals surface area (Å²) in [6.45, 7) is 4.35. The fourth-order valence-corrected chi connectivity index (χ4v) is 6.16. The van der Waals surface area contributed by atoms with Crippen LogP contribution in [0.3, 0.4) is 0 Å². The van der Waals surface area contributed by atoms with Crippen LogP contribution in [0.5, 0.6) is 0 Å². The van der Waals surface area contributed by atoms with E-state index in [2.05, 4.69) is 65.5 Å². The van der Waals surface area contributed by atoms with Gasteiger partial charge in [0.05, 0.1) is 17.0 Å². The van der Waals surface area contributed by atoms with Crippen LogP contribution in [-0.4, -0.2) is 15.8 Å². The smallest absolute Gasteiger partial charge is 0.162 e. The summed E-state index contributed by atoms with van der Waals surface area (Å²) >= 11 is 1.77. The Morgan fingerprint density at radius 3 is 2.77 bits per heavy atom. The number of hydrogen-bond acceptors (Lipinski definition) is 5. The van der Waals surface area contributed by atoms with Gasteiger partial charge in [0, 0.05) is 50.9 Å². The number of nitrogens with one attached hydrogen (secondary N) is 1. The number of benzene rings is 2. The van der Waals surface area contributed by atoms with Crippen molar-refractivity contribution < 1.29 is 4.79 Å². The third-order valence-electron chi connectivity index (χ3n) is 6.19. The minimum Gasteiger partial charge on any atom is -0.358 e. The molecule has 3 heterocycles. The Balaban J connectivity index is 1.67. The van der Waals surface area contributed by atoms with E-state index in [9.17, 15) is 4.79 Å². The molecule has 30 heavy (non-hydrogen) atoms. The lowest BCUT2D eigenvalue weighted by molar-refractivity contribution is -0.118. The maximum absolute atomic E-state index is 13.5. The molecule has 6 rings (SSSR count). The minimum atomic E-state index is -0.113. The maximum atomic E-state index is 13.5. The predicted molar refractivity (Wildman–Crippen MR) is 122 cm³/mol. The SMILES string of the molecule is CC1(C)CC(=O)C2=C(C1)Nc1ccc3nccnc3c1C2c1cc2ccccc2s1. The summed E-state index contributed by atoms with van der Waals surface area (Å²) in [6, 6.07) is 14.8. The monoisotopic (exact) mass is 411 g/mol. The topological polar surface area (TPSA) is 54.9 Å². The number of aromatic nitrogens is 2. The summed E-state index contributed by atoms with van der Waals surface area (Å²) in [7, 11) is 0. The Hall–Kier alpha value is -3.05. The third-order valence-corrected chi connectivity index (χ3v) is 7.37. The number of ketones is 1. The van der Waals surface area contributed by atoms with Crippen molar-refractivity contribution in [3.8, 4) is 0 Å². The van der Waals surface area contributed by atoms with Gasteiger partial charge in [-0.2, -0.15) is 0 Å². The zero-order chi connectivity index (χ0) is 20.5. The zero-order valence-corrected chi connectivity index (χ0v) is 17.7. The first-order chi connectivity index (χ1) is 14.5. The molecule has 4 nitrogen and oxygen atoms in total. The minimum absolute atomic E-state index is 0.0399. The molecule has 2 aromatic heterocycles. The molecule has 1 aliphatic heterocycles. The Kier molecular flexibility index (Phi) is 3.69. The van der Waals surface area contributed by atoms with E-state index in [1.54, 1.807) is 23.7 Å². The second kappa shape index (κ2) is 6.22. The van der Waals surface area contributed by atoms with E-state index in [0.717, 1.165) is 40.0 Å². The number of carbonyl (C=O) groups excluding carboxylic acids is 1. The van der Waals surface area contributed by atoms with Crippen LogP contribution in [0.2, 0.25) is 0 Å². The van der Waals surface area contributed by atoms with Gasteiger partial charge in [0.25, 0.3) is 0 Å². The fraction of sp³-hybridized carbons (Fsp3) is 0.240. The van der Waals surface area contributed by atoms with Gasteiger partial charge in [0.15, 0.2) is 5.78 Å². The van der Waals surface area contributed by atoms with Crippen molar-refractivity contribution >= 4 is 43.9 Å². The average Bonchev–Trinajstić information content (AvgIpc) is 3.15. The first-order valence-corrected chi connectivity index (χ1v) is 11.1. The van der Waals surface area contributed by atoms with Crippen LogP contribution in [-0.2, 0) is 4.79 Å². The van der Waals surface area contributed by atoms with Crippen LogP contribution < -0.4 is 5.32 Å². The lowest BCUT2D eigenvalue weighted by Gasteiger charge is -2.39. The van der Waals surface area contributed by atoms with Crippen LogP contribution in [0.15, 0.2) is 66.1 Å². The Morgan fingerprint density at radius 2 is 1.90 bits per heavy atom. The zero-order valence-electron chi connectivity index (χ0n) is 16.9. The summed E-state index contributed by atoms with van der Waals surface area (Å²) < 4.78 is 1.24. The lowest BCUT2D eigenvalue weighted by Crippen LogP contribution is -2.33. The number of hydrogen-bond donors (Lipinski definition) is 1. The molecule has 5 heteroatoms. The van der Waals surface area contributed by atoms with Gasteiger partial charge in [0.1, 0.15) is 0 Å². The van der Waals surface area contributed by atoms with Crippen LogP contribution in [0.4, 0.5) is 5.69 Å². The molecule has 0 amide bonds.